The van der Waals surface area contributed by atoms with E-state index in [1.54, 1.807) is 13.2 Å². The number of hydrogen-bond donors (Lipinski definition) is 2. The molecule has 1 fully saturated rings. The molecular formula is C31H40O7. The molecule has 5 rings (SSSR count). The number of fused-ring (bicyclic) bond motifs is 3. The number of methoxy groups -OCH3 is 1. The maximum Gasteiger partial charge on any atom is 0.199 e. The molecule has 4 aliphatic rings. The first-order chi connectivity index (χ1) is 17.7. The van der Waals surface area contributed by atoms with Crippen molar-refractivity contribution in [3.63, 3.8) is 0 Å². The Hall–Kier alpha value is -2.61. The molecule has 1 aromatic carbocycles. The third-order valence-electron chi connectivity index (χ3n) is 8.64. The van der Waals surface area contributed by atoms with E-state index in [1.807, 2.05) is 46.8 Å². The molecule has 0 spiro atoms. The number of hydrogen-bond acceptors (Lipinski definition) is 7. The lowest BCUT2D eigenvalue weighted by molar-refractivity contribution is -0.0547. The molecule has 4 unspecified atom stereocenters. The highest BCUT2D eigenvalue weighted by Crippen LogP contribution is 2.57. The maximum atomic E-state index is 13.9. The number of phenols is 1. The SMILES string of the molecule is COC(C)(C)C1CC=C2C(=O)c3c(O)c4c(c(C(O)C5OC5(C)C)c3OC21)O[C@@](C)(CCC=C(C)C)C=C4. The van der Waals surface area contributed by atoms with E-state index in [1.165, 1.54) is 5.57 Å². The van der Waals surface area contributed by atoms with Gasteiger partial charge in [-0.1, -0.05) is 17.7 Å². The molecule has 2 N–H and O–H groups in total. The van der Waals surface area contributed by atoms with Gasteiger partial charge in [-0.15, -0.1) is 0 Å². The van der Waals surface area contributed by atoms with Crippen LogP contribution in [0.25, 0.3) is 6.08 Å². The lowest BCUT2D eigenvalue weighted by Crippen LogP contribution is -2.44. The molecule has 1 aromatic rings. The van der Waals surface area contributed by atoms with Crippen molar-refractivity contribution in [1.82, 2.24) is 0 Å². The normalized spacial score (nSPS) is 29.3. The number of aliphatic hydroxyl groups is 1. The van der Waals surface area contributed by atoms with Gasteiger partial charge in [0.1, 0.15) is 46.7 Å². The molecule has 38 heavy (non-hydrogen) atoms. The number of aliphatic hydroxyl groups excluding tert-OH is 1. The fraction of sp³-hybridized carbons (Fsp3) is 0.581. The minimum atomic E-state index is -1.12. The van der Waals surface area contributed by atoms with Gasteiger partial charge in [0.05, 0.1) is 22.3 Å². The van der Waals surface area contributed by atoms with Crippen LogP contribution in [0.15, 0.2) is 29.4 Å². The predicted molar refractivity (Wildman–Crippen MR) is 145 cm³/mol. The van der Waals surface area contributed by atoms with E-state index < -0.39 is 35.1 Å². The number of carbonyl (C=O) groups excluding carboxylic acids is 1. The number of ether oxygens (including phenoxy) is 4. The largest absolute Gasteiger partial charge is 0.506 e. The van der Waals surface area contributed by atoms with Crippen LogP contribution in [0, 0.1) is 5.92 Å². The molecule has 5 atom stereocenters. The number of aromatic hydroxyl groups is 1. The van der Waals surface area contributed by atoms with Crippen LogP contribution in [0.1, 0.15) is 95.3 Å². The molecule has 0 bridgehead atoms. The number of benzene rings is 1. The second-order valence-electron chi connectivity index (χ2n) is 12.5. The molecule has 7 heteroatoms. The van der Waals surface area contributed by atoms with E-state index in [0.717, 1.165) is 6.42 Å². The Morgan fingerprint density at radius 2 is 1.95 bits per heavy atom. The topological polar surface area (TPSA) is 97.8 Å². The van der Waals surface area contributed by atoms with E-state index in [9.17, 15) is 15.0 Å². The van der Waals surface area contributed by atoms with Gasteiger partial charge in [0.2, 0.25) is 0 Å². The zero-order valence-corrected chi connectivity index (χ0v) is 23.7. The summed E-state index contributed by atoms with van der Waals surface area (Å²) in [6, 6.07) is 0. The first-order valence-corrected chi connectivity index (χ1v) is 13.5. The zero-order valence-electron chi connectivity index (χ0n) is 23.7. The van der Waals surface area contributed by atoms with Crippen molar-refractivity contribution in [3.8, 4) is 17.2 Å². The summed E-state index contributed by atoms with van der Waals surface area (Å²) in [4.78, 5) is 13.9. The standard InChI is InChI=1S/C31H40O7/c1-16(2)10-9-14-31(7)15-13-18-23(33)20-22(32)17-11-12-19(29(3,4)35-8)25(17)36-27(20)21(26(18)37-31)24(34)28-30(5,6)38-28/h10-11,13,15,19,24-25,28,33-34H,9,12,14H2,1-8H3/t19?,24?,25?,28?,31-/m0/s1. The Kier molecular flexibility index (Phi) is 6.37. The molecule has 0 radical (unpaired) electrons. The van der Waals surface area contributed by atoms with Crippen LogP contribution in [-0.4, -0.2) is 52.1 Å². The maximum absolute atomic E-state index is 13.9. The number of phenolic OH excluding ortho intramolecular Hbond substituents is 1. The van der Waals surface area contributed by atoms with Gasteiger partial charge in [0.15, 0.2) is 5.78 Å². The van der Waals surface area contributed by atoms with Crippen molar-refractivity contribution in [2.45, 2.75) is 103 Å². The van der Waals surface area contributed by atoms with Crippen LogP contribution < -0.4 is 9.47 Å². The van der Waals surface area contributed by atoms with Crippen molar-refractivity contribution < 1.29 is 34.0 Å². The van der Waals surface area contributed by atoms with E-state index in [2.05, 4.69) is 19.9 Å². The summed E-state index contributed by atoms with van der Waals surface area (Å²) in [5.74, 6) is -0.0912. The van der Waals surface area contributed by atoms with Gasteiger partial charge >= 0.3 is 0 Å². The van der Waals surface area contributed by atoms with Crippen molar-refractivity contribution in [2.75, 3.05) is 7.11 Å². The number of carbonyl (C=O) groups is 1. The number of rotatable bonds is 7. The molecule has 1 saturated heterocycles. The van der Waals surface area contributed by atoms with Gasteiger partial charge in [-0.05, 0) is 79.9 Å². The third kappa shape index (κ3) is 4.29. The van der Waals surface area contributed by atoms with Gasteiger partial charge in [-0.3, -0.25) is 4.79 Å². The highest BCUT2D eigenvalue weighted by Gasteiger charge is 2.56. The molecule has 7 nitrogen and oxygen atoms in total. The van der Waals surface area contributed by atoms with Gasteiger partial charge in [0.25, 0.3) is 0 Å². The molecular weight excluding hydrogens is 484 g/mol. The third-order valence-corrected chi connectivity index (χ3v) is 8.64. The van der Waals surface area contributed by atoms with Crippen molar-refractivity contribution in [3.05, 3.63) is 46.1 Å². The van der Waals surface area contributed by atoms with Gasteiger partial charge in [-0.25, -0.2) is 0 Å². The van der Waals surface area contributed by atoms with Gasteiger partial charge < -0.3 is 29.2 Å². The molecule has 3 heterocycles. The summed E-state index contributed by atoms with van der Waals surface area (Å²) in [7, 11) is 1.65. The number of allylic oxidation sites excluding steroid dienone is 3. The van der Waals surface area contributed by atoms with Crippen LogP contribution >= 0.6 is 0 Å². The molecule has 3 aliphatic heterocycles. The Morgan fingerprint density at radius 1 is 1.26 bits per heavy atom. The zero-order chi connectivity index (χ0) is 27.8. The summed E-state index contributed by atoms with van der Waals surface area (Å²) < 4.78 is 24.8. The summed E-state index contributed by atoms with van der Waals surface area (Å²) >= 11 is 0. The number of ketones is 1. The first kappa shape index (κ1) is 27.0. The monoisotopic (exact) mass is 524 g/mol. The highest BCUT2D eigenvalue weighted by atomic mass is 16.6. The number of Topliss-reactive ketones (excluding diaryl/α,β-unsaturated/α-hetero) is 1. The molecule has 0 aromatic heterocycles. The highest BCUT2D eigenvalue weighted by molar-refractivity contribution is 6.15. The van der Waals surface area contributed by atoms with Crippen LogP contribution in [0.3, 0.4) is 0 Å². The molecule has 0 amide bonds. The van der Waals surface area contributed by atoms with E-state index in [0.29, 0.717) is 35.3 Å². The Bertz CT molecular complexity index is 1260. The average Bonchev–Trinajstić information content (AvgIpc) is 3.25. The fourth-order valence-electron chi connectivity index (χ4n) is 5.95. The second-order valence-corrected chi connectivity index (χ2v) is 12.5. The molecule has 1 aliphatic carbocycles. The minimum absolute atomic E-state index is 0.0658. The van der Waals surface area contributed by atoms with E-state index >= 15 is 0 Å². The van der Waals surface area contributed by atoms with Gasteiger partial charge in [-0.2, -0.15) is 0 Å². The van der Waals surface area contributed by atoms with E-state index in [-0.39, 0.29) is 28.8 Å². The molecule has 0 saturated carbocycles. The van der Waals surface area contributed by atoms with E-state index in [4.69, 9.17) is 18.9 Å². The smallest absolute Gasteiger partial charge is 0.199 e. The minimum Gasteiger partial charge on any atom is -0.506 e. The quantitative estimate of drug-likeness (QED) is 0.342. The summed E-state index contributed by atoms with van der Waals surface area (Å²) in [5, 5.41) is 23.1. The van der Waals surface area contributed by atoms with Crippen molar-refractivity contribution in [2.24, 2.45) is 5.92 Å². The van der Waals surface area contributed by atoms with Crippen LogP contribution in [0.2, 0.25) is 0 Å². The Balaban J connectivity index is 1.65. The lowest BCUT2D eigenvalue weighted by Gasteiger charge is -2.40. The van der Waals surface area contributed by atoms with Crippen molar-refractivity contribution in [1.29, 1.82) is 0 Å². The first-order valence-electron chi connectivity index (χ1n) is 13.5. The summed E-state index contributed by atoms with van der Waals surface area (Å²) in [5.41, 5.74) is 0.769. The molecule has 206 valence electrons. The predicted octanol–water partition coefficient (Wildman–Crippen LogP) is 5.83. The van der Waals surface area contributed by atoms with Crippen LogP contribution in [0.5, 0.6) is 17.2 Å². The second kappa shape index (κ2) is 8.97. The van der Waals surface area contributed by atoms with Crippen molar-refractivity contribution >= 4 is 11.9 Å². The summed E-state index contributed by atoms with van der Waals surface area (Å²) in [6.45, 7) is 13.9. The fourth-order valence-corrected chi connectivity index (χ4v) is 5.95. The Labute approximate surface area is 225 Å². The van der Waals surface area contributed by atoms with Crippen LogP contribution in [-0.2, 0) is 9.47 Å². The number of epoxide rings is 1. The van der Waals surface area contributed by atoms with Crippen LogP contribution in [0.4, 0.5) is 0 Å². The Morgan fingerprint density at radius 3 is 2.55 bits per heavy atom. The average molecular weight is 525 g/mol. The lowest BCUT2D eigenvalue weighted by atomic mass is 9.81. The van der Waals surface area contributed by atoms with Gasteiger partial charge in [0, 0.05) is 18.6 Å². The summed E-state index contributed by atoms with van der Waals surface area (Å²) in [6.07, 6.45) is 7.69.